The molecule has 0 nitrogen and oxygen atoms in total. The van der Waals surface area contributed by atoms with Crippen molar-refractivity contribution in [3.8, 4) is 0 Å². The van der Waals surface area contributed by atoms with Crippen molar-refractivity contribution in [1.29, 1.82) is 0 Å². The smallest absolute Gasteiger partial charge is 0.0707 e. The van der Waals surface area contributed by atoms with Crippen LogP contribution in [-0.2, 0) is 12.8 Å². The van der Waals surface area contributed by atoms with Gasteiger partial charge in [0.2, 0.25) is 0 Å². The minimum Gasteiger partial charge on any atom is -0.129 e. The van der Waals surface area contributed by atoms with Gasteiger partial charge in [0.15, 0.2) is 0 Å². The lowest BCUT2D eigenvalue weighted by molar-refractivity contribution is 0.400. The Morgan fingerprint density at radius 3 is 0.889 bits per heavy atom. The molecule has 0 bridgehead atoms. The largest absolute Gasteiger partial charge is 0.129 e. The maximum absolute atomic E-state index is 3.91. The summed E-state index contributed by atoms with van der Waals surface area (Å²) in [5.41, 5.74) is 3.15. The number of thiophene rings is 2. The lowest BCUT2D eigenvalue weighted by Crippen LogP contribution is -2.06. The molecule has 2 unspecified atom stereocenters. The van der Waals surface area contributed by atoms with Gasteiger partial charge in [-0.3, -0.25) is 0 Å². The van der Waals surface area contributed by atoms with E-state index in [1.807, 2.05) is 22.7 Å². The molecule has 312 valence electrons. The zero-order chi connectivity index (χ0) is 38.9. The van der Waals surface area contributed by atoms with Crippen LogP contribution in [0.3, 0.4) is 0 Å². The van der Waals surface area contributed by atoms with Gasteiger partial charge < -0.3 is 0 Å². The molecule has 2 heterocycles. The third kappa shape index (κ3) is 25.5. The van der Waals surface area contributed by atoms with E-state index in [9.17, 15) is 0 Å². The fourth-order valence-electron chi connectivity index (χ4n) is 8.45. The van der Waals surface area contributed by atoms with Crippen LogP contribution in [0.4, 0.5) is 0 Å². The van der Waals surface area contributed by atoms with Gasteiger partial charge in [0.1, 0.15) is 0 Å². The van der Waals surface area contributed by atoms with Gasteiger partial charge in [-0.2, -0.15) is 0 Å². The second kappa shape index (κ2) is 35.1. The first-order valence-electron chi connectivity index (χ1n) is 23.7. The highest BCUT2D eigenvalue weighted by molar-refractivity contribution is 9.11. The van der Waals surface area contributed by atoms with Crippen LogP contribution in [0.15, 0.2) is 19.7 Å². The Kier molecular flexibility index (Phi) is 32.6. The number of rotatable bonds is 38. The predicted molar refractivity (Wildman–Crippen MR) is 258 cm³/mol. The lowest BCUT2D eigenvalue weighted by Gasteiger charge is -2.18. The molecule has 2 rings (SSSR count). The monoisotopic (exact) mass is 908 g/mol. The molecule has 2 atom stereocenters. The van der Waals surface area contributed by atoms with Crippen molar-refractivity contribution < 1.29 is 0 Å². The van der Waals surface area contributed by atoms with Crippen LogP contribution in [0, 0.1) is 11.8 Å². The van der Waals surface area contributed by atoms with Crippen molar-refractivity contribution in [1.82, 2.24) is 0 Å². The van der Waals surface area contributed by atoms with E-state index >= 15 is 0 Å². The van der Waals surface area contributed by atoms with Gasteiger partial charge in [-0.05, 0) is 91.9 Å². The molecule has 0 fully saturated rings. The van der Waals surface area contributed by atoms with Crippen molar-refractivity contribution in [2.45, 2.75) is 246 Å². The van der Waals surface area contributed by atoms with E-state index in [0.29, 0.717) is 0 Å². The third-order valence-electron chi connectivity index (χ3n) is 11.9. The second-order valence-electron chi connectivity index (χ2n) is 17.0. The van der Waals surface area contributed by atoms with E-state index in [0.717, 1.165) is 11.8 Å². The van der Waals surface area contributed by atoms with Crippen molar-refractivity contribution in [3.05, 3.63) is 40.6 Å². The van der Waals surface area contributed by atoms with Gasteiger partial charge in [-0.1, -0.05) is 233 Å². The van der Waals surface area contributed by atoms with Gasteiger partial charge >= 0.3 is 0 Å². The summed E-state index contributed by atoms with van der Waals surface area (Å²) in [4.78, 5) is 2.95. The van der Waals surface area contributed by atoms with E-state index in [1.54, 1.807) is 11.1 Å². The van der Waals surface area contributed by atoms with Gasteiger partial charge in [0.05, 0.1) is 7.57 Å². The van der Waals surface area contributed by atoms with E-state index in [2.05, 4.69) is 83.8 Å². The highest BCUT2D eigenvalue weighted by Gasteiger charge is 2.17. The van der Waals surface area contributed by atoms with Crippen molar-refractivity contribution in [3.63, 3.8) is 0 Å². The lowest BCUT2D eigenvalue weighted by atomic mass is 9.88. The summed E-state index contributed by atoms with van der Waals surface area (Å²) in [5.74, 6) is 1.63. The maximum atomic E-state index is 3.91. The summed E-state index contributed by atoms with van der Waals surface area (Å²) in [5, 5.41) is 0. The number of hydrogen-bond acceptors (Lipinski definition) is 2. The molecule has 0 saturated heterocycles. The molecular formula is C50H86Br2S2. The normalized spacial score (nSPS) is 13.1. The Hall–Kier alpha value is 0.1000. The molecule has 0 aliphatic heterocycles. The number of hydrogen-bond donors (Lipinski definition) is 0. The molecule has 0 amide bonds. The highest BCUT2D eigenvalue weighted by atomic mass is 79.9. The SMILES string of the molecule is CCCCCCCCCCC(CCCCCCCC)Cc1cc(Br)sc1/C=C/c1sc(Br)cc1CC(CCCCCCCC)CCCCCCCCCC. The van der Waals surface area contributed by atoms with E-state index < -0.39 is 0 Å². The van der Waals surface area contributed by atoms with Crippen LogP contribution < -0.4 is 0 Å². The first-order valence-corrected chi connectivity index (χ1v) is 27.0. The van der Waals surface area contributed by atoms with E-state index in [-0.39, 0.29) is 0 Å². The molecule has 0 spiro atoms. The zero-order valence-electron chi connectivity index (χ0n) is 36.1. The molecule has 0 aliphatic carbocycles. The fourth-order valence-corrected chi connectivity index (χ4v) is 11.7. The average Bonchev–Trinajstić information content (AvgIpc) is 3.70. The van der Waals surface area contributed by atoms with Crippen LogP contribution in [0.2, 0.25) is 0 Å². The summed E-state index contributed by atoms with van der Waals surface area (Å²) < 4.78 is 2.58. The van der Waals surface area contributed by atoms with Crippen LogP contribution >= 0.6 is 54.5 Å². The topological polar surface area (TPSA) is 0 Å². The van der Waals surface area contributed by atoms with Crippen LogP contribution in [0.1, 0.15) is 254 Å². The minimum atomic E-state index is 0.815. The van der Waals surface area contributed by atoms with Gasteiger partial charge in [0, 0.05) is 9.75 Å². The Balaban J connectivity index is 2.06. The second-order valence-corrected chi connectivity index (χ2v) is 21.9. The molecule has 0 aromatic carbocycles. The summed E-state index contributed by atoms with van der Waals surface area (Å²) in [6.07, 6.45) is 52.6. The molecule has 0 aliphatic rings. The summed E-state index contributed by atoms with van der Waals surface area (Å²) in [6.45, 7) is 9.30. The number of unbranched alkanes of at least 4 members (excludes halogenated alkanes) is 24. The molecule has 4 heteroatoms. The fraction of sp³-hybridized carbons (Fsp3) is 0.800. The average molecular weight is 911 g/mol. The Morgan fingerprint density at radius 1 is 0.389 bits per heavy atom. The summed E-state index contributed by atoms with van der Waals surface area (Å²) in [6, 6.07) is 4.91. The molecule has 0 saturated carbocycles. The van der Waals surface area contributed by atoms with E-state index in [4.69, 9.17) is 0 Å². The summed E-state index contributed by atoms with van der Waals surface area (Å²) in [7, 11) is 0. The minimum absolute atomic E-state index is 0.815. The van der Waals surface area contributed by atoms with Gasteiger partial charge in [0.25, 0.3) is 0 Å². The highest BCUT2D eigenvalue weighted by Crippen LogP contribution is 2.36. The van der Waals surface area contributed by atoms with Crippen molar-refractivity contribution in [2.24, 2.45) is 11.8 Å². The first-order chi connectivity index (χ1) is 26.5. The van der Waals surface area contributed by atoms with Crippen LogP contribution in [-0.4, -0.2) is 0 Å². The van der Waals surface area contributed by atoms with Gasteiger partial charge in [-0.25, -0.2) is 0 Å². The maximum Gasteiger partial charge on any atom is 0.0707 e. The Labute approximate surface area is 362 Å². The molecule has 2 aromatic heterocycles. The standard InChI is InChI=1S/C50H86Br2S2/c1-5-9-13-17-21-23-27-31-35-43(33-29-25-19-15-11-7-3)39-45-41-49(51)53-47(45)37-38-48-46(42-50(52)54-48)40-44(34-30-26-20-16-12-8-4)36-32-28-24-22-18-14-10-6-2/h37-38,41-44H,5-36,39-40H2,1-4H3/b38-37+. The molecule has 0 radical (unpaired) electrons. The van der Waals surface area contributed by atoms with Crippen molar-refractivity contribution in [2.75, 3.05) is 0 Å². The molecule has 54 heavy (non-hydrogen) atoms. The predicted octanol–water partition coefficient (Wildman–Crippen LogP) is 20.4. The van der Waals surface area contributed by atoms with Crippen LogP contribution in [0.5, 0.6) is 0 Å². The molecule has 2 aromatic rings. The van der Waals surface area contributed by atoms with Crippen molar-refractivity contribution >= 4 is 66.7 Å². The molecular weight excluding hydrogens is 824 g/mol. The number of halogens is 2. The zero-order valence-corrected chi connectivity index (χ0v) is 40.9. The van der Waals surface area contributed by atoms with Crippen LogP contribution in [0.25, 0.3) is 12.2 Å². The first kappa shape index (κ1) is 50.2. The third-order valence-corrected chi connectivity index (χ3v) is 15.2. The Bertz CT molecular complexity index is 1060. The van der Waals surface area contributed by atoms with E-state index in [1.165, 1.54) is 236 Å². The Morgan fingerprint density at radius 2 is 0.630 bits per heavy atom. The summed E-state index contributed by atoms with van der Waals surface area (Å²) >= 11 is 11.7. The quantitative estimate of drug-likeness (QED) is 0.0589. The molecule has 0 N–H and O–H groups in total. The van der Waals surface area contributed by atoms with Gasteiger partial charge in [-0.15, -0.1) is 22.7 Å².